The molecular formula is C13H26O3. The Morgan fingerprint density at radius 1 is 1.44 bits per heavy atom. The highest BCUT2D eigenvalue weighted by molar-refractivity contribution is 4.74. The lowest BCUT2D eigenvalue weighted by Gasteiger charge is -2.18. The van der Waals surface area contributed by atoms with E-state index in [0.29, 0.717) is 19.1 Å². The van der Waals surface area contributed by atoms with Crippen molar-refractivity contribution in [3.63, 3.8) is 0 Å². The van der Waals surface area contributed by atoms with Crippen LogP contribution in [-0.4, -0.2) is 37.1 Å². The van der Waals surface area contributed by atoms with Crippen LogP contribution in [0.2, 0.25) is 0 Å². The SMILES string of the molecule is CCCCC(CC)COC[C@@H]1OCC[C@@H]1O. The summed E-state index contributed by atoms with van der Waals surface area (Å²) in [7, 11) is 0. The minimum atomic E-state index is -0.323. The quantitative estimate of drug-likeness (QED) is 0.695. The third-order valence-corrected chi connectivity index (χ3v) is 3.35. The first-order valence-electron chi connectivity index (χ1n) is 6.65. The van der Waals surface area contributed by atoms with Gasteiger partial charge in [-0.2, -0.15) is 0 Å². The minimum Gasteiger partial charge on any atom is -0.390 e. The number of ether oxygens (including phenoxy) is 2. The lowest BCUT2D eigenvalue weighted by atomic mass is 10.0. The van der Waals surface area contributed by atoms with Gasteiger partial charge in [-0.25, -0.2) is 0 Å². The van der Waals surface area contributed by atoms with E-state index < -0.39 is 0 Å². The normalized spacial score (nSPS) is 27.2. The molecule has 1 fully saturated rings. The highest BCUT2D eigenvalue weighted by atomic mass is 16.5. The van der Waals surface area contributed by atoms with Crippen LogP contribution in [0.4, 0.5) is 0 Å². The summed E-state index contributed by atoms with van der Waals surface area (Å²) >= 11 is 0. The molecule has 1 rings (SSSR count). The molecule has 1 aliphatic heterocycles. The second-order valence-electron chi connectivity index (χ2n) is 4.72. The third-order valence-electron chi connectivity index (χ3n) is 3.35. The zero-order valence-electron chi connectivity index (χ0n) is 10.7. The Bertz CT molecular complexity index is 173. The monoisotopic (exact) mass is 230 g/mol. The molecule has 0 radical (unpaired) electrons. The van der Waals surface area contributed by atoms with E-state index >= 15 is 0 Å². The molecule has 0 amide bonds. The van der Waals surface area contributed by atoms with Crippen LogP contribution in [-0.2, 0) is 9.47 Å². The van der Waals surface area contributed by atoms with Crippen molar-refractivity contribution in [1.29, 1.82) is 0 Å². The van der Waals surface area contributed by atoms with Crippen molar-refractivity contribution in [2.24, 2.45) is 5.92 Å². The van der Waals surface area contributed by atoms with Crippen molar-refractivity contribution >= 4 is 0 Å². The molecule has 3 atom stereocenters. The maximum absolute atomic E-state index is 9.55. The van der Waals surface area contributed by atoms with E-state index in [1.807, 2.05) is 0 Å². The van der Waals surface area contributed by atoms with Crippen molar-refractivity contribution in [1.82, 2.24) is 0 Å². The van der Waals surface area contributed by atoms with Crippen molar-refractivity contribution in [2.45, 2.75) is 58.2 Å². The Morgan fingerprint density at radius 3 is 2.81 bits per heavy atom. The number of unbranched alkanes of at least 4 members (excludes halogenated alkanes) is 1. The summed E-state index contributed by atoms with van der Waals surface area (Å²) in [4.78, 5) is 0. The van der Waals surface area contributed by atoms with Gasteiger partial charge in [0.2, 0.25) is 0 Å². The van der Waals surface area contributed by atoms with Crippen LogP contribution in [0.3, 0.4) is 0 Å². The second kappa shape index (κ2) is 8.04. The first-order chi connectivity index (χ1) is 7.77. The molecule has 0 saturated carbocycles. The number of hydrogen-bond acceptors (Lipinski definition) is 3. The number of rotatable bonds is 8. The number of aliphatic hydroxyl groups is 1. The Hall–Kier alpha value is -0.120. The molecule has 1 saturated heterocycles. The summed E-state index contributed by atoms with van der Waals surface area (Å²) in [5.74, 6) is 0.665. The molecule has 3 nitrogen and oxygen atoms in total. The summed E-state index contributed by atoms with van der Waals surface area (Å²) in [6.07, 6.45) is 5.29. The van der Waals surface area contributed by atoms with Crippen molar-refractivity contribution in [3.05, 3.63) is 0 Å². The van der Waals surface area contributed by atoms with Gasteiger partial charge in [0, 0.05) is 13.2 Å². The fourth-order valence-corrected chi connectivity index (χ4v) is 2.05. The molecule has 0 spiro atoms. The fourth-order valence-electron chi connectivity index (χ4n) is 2.05. The Labute approximate surface area is 99.1 Å². The maximum atomic E-state index is 9.55. The summed E-state index contributed by atoms with van der Waals surface area (Å²) < 4.78 is 11.0. The zero-order valence-corrected chi connectivity index (χ0v) is 10.7. The molecule has 0 aromatic carbocycles. The molecular weight excluding hydrogens is 204 g/mol. The molecule has 0 aliphatic carbocycles. The van der Waals surface area contributed by atoms with Gasteiger partial charge >= 0.3 is 0 Å². The van der Waals surface area contributed by atoms with Crippen molar-refractivity contribution in [3.8, 4) is 0 Å². The summed E-state index contributed by atoms with van der Waals surface area (Å²) in [6.45, 7) is 6.45. The molecule has 1 aliphatic rings. The fraction of sp³-hybridized carbons (Fsp3) is 1.00. The van der Waals surface area contributed by atoms with Crippen LogP contribution in [0.1, 0.15) is 46.0 Å². The maximum Gasteiger partial charge on any atom is 0.107 e. The standard InChI is InChI=1S/C13H26O3/c1-3-5-6-11(4-2)9-15-10-13-12(14)7-8-16-13/h11-14H,3-10H2,1-2H3/t11?,12-,13-/m0/s1. The highest BCUT2D eigenvalue weighted by Gasteiger charge is 2.26. The third kappa shape index (κ3) is 4.81. The first kappa shape index (κ1) is 13.9. The molecule has 96 valence electrons. The largest absolute Gasteiger partial charge is 0.390 e. The van der Waals surface area contributed by atoms with Crippen LogP contribution in [0.5, 0.6) is 0 Å². The first-order valence-corrected chi connectivity index (χ1v) is 6.65. The van der Waals surface area contributed by atoms with E-state index in [-0.39, 0.29) is 12.2 Å². The van der Waals surface area contributed by atoms with Gasteiger partial charge < -0.3 is 14.6 Å². The second-order valence-corrected chi connectivity index (χ2v) is 4.72. The van der Waals surface area contributed by atoms with Gasteiger partial charge in [-0.15, -0.1) is 0 Å². The van der Waals surface area contributed by atoms with E-state index in [0.717, 1.165) is 13.0 Å². The smallest absolute Gasteiger partial charge is 0.107 e. The lowest BCUT2D eigenvalue weighted by molar-refractivity contribution is -0.0325. The van der Waals surface area contributed by atoms with Gasteiger partial charge in [-0.3, -0.25) is 0 Å². The van der Waals surface area contributed by atoms with Gasteiger partial charge in [0.1, 0.15) is 6.10 Å². The summed E-state index contributed by atoms with van der Waals surface area (Å²) in [6, 6.07) is 0. The average molecular weight is 230 g/mol. The van der Waals surface area contributed by atoms with Crippen LogP contribution in [0.25, 0.3) is 0 Å². The van der Waals surface area contributed by atoms with E-state index in [2.05, 4.69) is 13.8 Å². The topological polar surface area (TPSA) is 38.7 Å². The van der Waals surface area contributed by atoms with Gasteiger partial charge in [-0.1, -0.05) is 33.1 Å². The molecule has 3 heteroatoms. The molecule has 1 heterocycles. The molecule has 0 aromatic rings. The Morgan fingerprint density at radius 2 is 2.25 bits per heavy atom. The predicted octanol–water partition coefficient (Wildman–Crippen LogP) is 2.37. The van der Waals surface area contributed by atoms with Crippen molar-refractivity contribution in [2.75, 3.05) is 19.8 Å². The van der Waals surface area contributed by atoms with Crippen LogP contribution in [0.15, 0.2) is 0 Å². The molecule has 1 N–H and O–H groups in total. The molecule has 0 aromatic heterocycles. The Balaban J connectivity index is 2.08. The lowest BCUT2D eigenvalue weighted by Crippen LogP contribution is -2.27. The van der Waals surface area contributed by atoms with Gasteiger partial charge in [0.25, 0.3) is 0 Å². The Kier molecular flexibility index (Phi) is 7.01. The zero-order chi connectivity index (χ0) is 11.8. The van der Waals surface area contributed by atoms with E-state index in [4.69, 9.17) is 9.47 Å². The van der Waals surface area contributed by atoms with Gasteiger partial charge in [-0.05, 0) is 18.8 Å². The number of hydrogen-bond donors (Lipinski definition) is 1. The van der Waals surface area contributed by atoms with Gasteiger partial charge in [0.15, 0.2) is 0 Å². The van der Waals surface area contributed by atoms with E-state index in [1.54, 1.807) is 0 Å². The van der Waals surface area contributed by atoms with Crippen LogP contribution in [0, 0.1) is 5.92 Å². The average Bonchev–Trinajstić information content (AvgIpc) is 2.69. The molecule has 1 unspecified atom stereocenters. The molecule has 0 bridgehead atoms. The number of aliphatic hydroxyl groups excluding tert-OH is 1. The minimum absolute atomic E-state index is 0.0938. The van der Waals surface area contributed by atoms with Gasteiger partial charge in [0.05, 0.1) is 12.7 Å². The van der Waals surface area contributed by atoms with E-state index in [9.17, 15) is 5.11 Å². The highest BCUT2D eigenvalue weighted by Crippen LogP contribution is 2.16. The van der Waals surface area contributed by atoms with Crippen LogP contribution >= 0.6 is 0 Å². The molecule has 16 heavy (non-hydrogen) atoms. The predicted molar refractivity (Wildman–Crippen MR) is 64.5 cm³/mol. The summed E-state index contributed by atoms with van der Waals surface area (Å²) in [5, 5.41) is 9.55. The van der Waals surface area contributed by atoms with Crippen LogP contribution < -0.4 is 0 Å². The summed E-state index contributed by atoms with van der Waals surface area (Å²) in [5.41, 5.74) is 0. The van der Waals surface area contributed by atoms with Crippen molar-refractivity contribution < 1.29 is 14.6 Å². The van der Waals surface area contributed by atoms with E-state index in [1.165, 1.54) is 25.7 Å².